The summed E-state index contributed by atoms with van der Waals surface area (Å²) < 4.78 is 0. The van der Waals surface area contributed by atoms with Crippen molar-refractivity contribution in [2.75, 3.05) is 11.9 Å². The van der Waals surface area contributed by atoms with Crippen LogP contribution in [0.15, 0.2) is 29.1 Å². The van der Waals surface area contributed by atoms with Crippen LogP contribution in [0.1, 0.15) is 24.6 Å². The maximum Gasteiger partial charge on any atom is 0.330 e. The third-order valence-corrected chi connectivity index (χ3v) is 5.26. The number of nitrogens with one attached hydrogen (secondary N) is 1. The van der Waals surface area contributed by atoms with Crippen molar-refractivity contribution in [3.8, 4) is 0 Å². The maximum atomic E-state index is 12.5. The third-order valence-electron chi connectivity index (χ3n) is 3.63. The van der Waals surface area contributed by atoms with Gasteiger partial charge in [0.25, 0.3) is 0 Å². The van der Waals surface area contributed by atoms with Crippen LogP contribution >= 0.6 is 22.7 Å². The molecule has 2 aromatic rings. The second-order valence-corrected chi connectivity index (χ2v) is 7.41. The lowest BCUT2D eigenvalue weighted by Gasteiger charge is -2.21. The molecule has 0 saturated carbocycles. The summed E-state index contributed by atoms with van der Waals surface area (Å²) in [5.74, 6) is -1.20. The first-order valence-electron chi connectivity index (χ1n) is 7.80. The van der Waals surface area contributed by atoms with E-state index in [-0.39, 0.29) is 18.9 Å². The average molecular weight is 380 g/mol. The van der Waals surface area contributed by atoms with E-state index in [0.717, 1.165) is 4.88 Å². The standard InChI is InChI=1S/C16H20N4O3S2/c1-11(14(17)22)4-5-13(21)20(8-6-12-3-2-9-24-12)16(23)19-15-18-7-10-25-15/h2-3,7,9-11H,4-6,8H2,1H3,(H2,17,22)(H,18,19,23). The van der Waals surface area contributed by atoms with Gasteiger partial charge in [-0.2, -0.15) is 0 Å². The molecule has 0 aromatic carbocycles. The zero-order chi connectivity index (χ0) is 18.2. The van der Waals surface area contributed by atoms with Gasteiger partial charge in [-0.15, -0.1) is 22.7 Å². The van der Waals surface area contributed by atoms with Crippen molar-refractivity contribution in [3.05, 3.63) is 34.0 Å². The molecule has 134 valence electrons. The van der Waals surface area contributed by atoms with Gasteiger partial charge in [-0.1, -0.05) is 13.0 Å². The van der Waals surface area contributed by atoms with Gasteiger partial charge in [-0.3, -0.25) is 19.8 Å². The van der Waals surface area contributed by atoms with E-state index in [4.69, 9.17) is 5.73 Å². The number of amides is 4. The zero-order valence-electron chi connectivity index (χ0n) is 13.8. The number of imide groups is 1. The van der Waals surface area contributed by atoms with Crippen LogP contribution in [0.5, 0.6) is 0 Å². The number of thiophene rings is 1. The normalized spacial score (nSPS) is 11.7. The Hall–Kier alpha value is -2.26. The summed E-state index contributed by atoms with van der Waals surface area (Å²) >= 11 is 2.85. The minimum absolute atomic E-state index is 0.0832. The van der Waals surface area contributed by atoms with Gasteiger partial charge in [0.05, 0.1) is 0 Å². The first-order valence-corrected chi connectivity index (χ1v) is 9.56. The van der Waals surface area contributed by atoms with Gasteiger partial charge >= 0.3 is 6.03 Å². The van der Waals surface area contributed by atoms with E-state index in [0.29, 0.717) is 18.0 Å². The van der Waals surface area contributed by atoms with Crippen LogP contribution in [0.25, 0.3) is 0 Å². The number of nitrogens with two attached hydrogens (primary N) is 1. The quantitative estimate of drug-likeness (QED) is 0.734. The molecule has 7 nitrogen and oxygen atoms in total. The molecule has 0 aliphatic heterocycles. The predicted molar refractivity (Wildman–Crippen MR) is 98.5 cm³/mol. The average Bonchev–Trinajstić information content (AvgIpc) is 3.26. The van der Waals surface area contributed by atoms with Crippen molar-refractivity contribution in [2.45, 2.75) is 26.2 Å². The molecule has 3 N–H and O–H groups in total. The van der Waals surface area contributed by atoms with Crippen molar-refractivity contribution in [1.29, 1.82) is 0 Å². The van der Waals surface area contributed by atoms with Crippen LogP contribution in [-0.2, 0) is 16.0 Å². The van der Waals surface area contributed by atoms with E-state index >= 15 is 0 Å². The number of hydrogen-bond donors (Lipinski definition) is 2. The minimum Gasteiger partial charge on any atom is -0.369 e. The number of urea groups is 1. The molecule has 25 heavy (non-hydrogen) atoms. The lowest BCUT2D eigenvalue weighted by Crippen LogP contribution is -2.41. The number of hydrogen-bond acceptors (Lipinski definition) is 6. The maximum absolute atomic E-state index is 12.5. The van der Waals surface area contributed by atoms with Crippen molar-refractivity contribution in [3.63, 3.8) is 0 Å². The molecule has 0 radical (unpaired) electrons. The van der Waals surface area contributed by atoms with Crippen LogP contribution in [-0.4, -0.2) is 34.3 Å². The smallest absolute Gasteiger partial charge is 0.330 e. The Kier molecular flexibility index (Phi) is 7.08. The molecule has 2 aromatic heterocycles. The summed E-state index contributed by atoms with van der Waals surface area (Å²) in [6, 6.07) is 3.38. The molecule has 0 aliphatic carbocycles. The number of thiazole rings is 1. The number of carbonyl (C=O) groups is 3. The van der Waals surface area contributed by atoms with E-state index in [9.17, 15) is 14.4 Å². The highest BCUT2D eigenvalue weighted by Crippen LogP contribution is 2.15. The van der Waals surface area contributed by atoms with Gasteiger partial charge in [0.2, 0.25) is 11.8 Å². The second-order valence-electron chi connectivity index (χ2n) is 5.48. The Morgan fingerprint density at radius 1 is 1.32 bits per heavy atom. The molecule has 0 fully saturated rings. The van der Waals surface area contributed by atoms with E-state index in [1.807, 2.05) is 17.5 Å². The molecule has 1 unspecified atom stereocenters. The number of carbonyl (C=O) groups excluding carboxylic acids is 3. The van der Waals surface area contributed by atoms with Gasteiger partial charge in [-0.25, -0.2) is 9.78 Å². The summed E-state index contributed by atoms with van der Waals surface area (Å²) in [5.41, 5.74) is 5.22. The van der Waals surface area contributed by atoms with Gasteiger partial charge in [-0.05, 0) is 24.3 Å². The lowest BCUT2D eigenvalue weighted by atomic mass is 10.0. The molecule has 9 heteroatoms. The van der Waals surface area contributed by atoms with Crippen LogP contribution in [0.3, 0.4) is 0 Å². The largest absolute Gasteiger partial charge is 0.369 e. The Morgan fingerprint density at radius 2 is 2.12 bits per heavy atom. The molecule has 4 amide bonds. The highest BCUT2D eigenvalue weighted by atomic mass is 32.1. The number of aromatic nitrogens is 1. The van der Waals surface area contributed by atoms with Gasteiger partial charge < -0.3 is 5.73 Å². The van der Waals surface area contributed by atoms with E-state index in [1.54, 1.807) is 29.8 Å². The van der Waals surface area contributed by atoms with Crippen molar-refractivity contribution < 1.29 is 14.4 Å². The number of primary amides is 1. The number of nitrogens with zero attached hydrogens (tertiary/aromatic N) is 2. The Bertz CT molecular complexity index is 701. The zero-order valence-corrected chi connectivity index (χ0v) is 15.4. The van der Waals surface area contributed by atoms with Crippen molar-refractivity contribution in [2.24, 2.45) is 11.7 Å². The Labute approximate surface area is 153 Å². The van der Waals surface area contributed by atoms with Crippen molar-refractivity contribution >= 4 is 45.7 Å². The summed E-state index contributed by atoms with van der Waals surface area (Å²) in [4.78, 5) is 42.3. The van der Waals surface area contributed by atoms with Crippen LogP contribution in [0.2, 0.25) is 0 Å². The van der Waals surface area contributed by atoms with E-state index < -0.39 is 17.9 Å². The third kappa shape index (κ3) is 5.95. The van der Waals surface area contributed by atoms with Gasteiger partial charge in [0.15, 0.2) is 5.13 Å². The van der Waals surface area contributed by atoms with Crippen LogP contribution in [0.4, 0.5) is 9.93 Å². The molecule has 0 bridgehead atoms. The molecular weight excluding hydrogens is 360 g/mol. The summed E-state index contributed by atoms with van der Waals surface area (Å²) in [6.45, 7) is 1.93. The minimum atomic E-state index is -0.511. The summed E-state index contributed by atoms with van der Waals surface area (Å²) in [6.07, 6.45) is 2.56. The fourth-order valence-electron chi connectivity index (χ4n) is 2.08. The van der Waals surface area contributed by atoms with Crippen LogP contribution in [0, 0.1) is 5.92 Å². The fraction of sp³-hybridized carbons (Fsp3) is 0.375. The van der Waals surface area contributed by atoms with Crippen molar-refractivity contribution in [1.82, 2.24) is 9.88 Å². The van der Waals surface area contributed by atoms with Crippen LogP contribution < -0.4 is 11.1 Å². The lowest BCUT2D eigenvalue weighted by molar-refractivity contribution is -0.128. The monoisotopic (exact) mass is 380 g/mol. The molecule has 2 heterocycles. The second kappa shape index (κ2) is 9.28. The van der Waals surface area contributed by atoms with Gasteiger partial charge in [0.1, 0.15) is 0 Å². The predicted octanol–water partition coefficient (Wildman–Crippen LogP) is 2.71. The first kappa shape index (κ1) is 19.1. The van der Waals surface area contributed by atoms with E-state index in [1.165, 1.54) is 16.2 Å². The molecular formula is C16H20N4O3S2. The topological polar surface area (TPSA) is 105 Å². The highest BCUT2D eigenvalue weighted by molar-refractivity contribution is 7.13. The fourth-order valence-corrected chi connectivity index (χ4v) is 3.29. The molecule has 0 aliphatic rings. The molecule has 2 rings (SSSR count). The first-order chi connectivity index (χ1) is 12.0. The summed E-state index contributed by atoms with van der Waals surface area (Å²) in [7, 11) is 0. The SMILES string of the molecule is CC(CCC(=O)N(CCc1cccs1)C(=O)Nc1nccs1)C(N)=O. The Balaban J connectivity index is 2.00. The number of rotatable bonds is 8. The molecule has 1 atom stereocenters. The molecule has 0 spiro atoms. The summed E-state index contributed by atoms with van der Waals surface area (Å²) in [5, 5.41) is 6.75. The van der Waals surface area contributed by atoms with Gasteiger partial charge in [0, 0.05) is 35.3 Å². The highest BCUT2D eigenvalue weighted by Gasteiger charge is 2.23. The van der Waals surface area contributed by atoms with E-state index in [2.05, 4.69) is 10.3 Å². The Morgan fingerprint density at radius 3 is 2.72 bits per heavy atom. The molecule has 0 saturated heterocycles. The number of anilines is 1.